The number of phenols is 1. The number of alkyl carbamates (subject to hydrolysis) is 1. The molecule has 0 aliphatic heterocycles. The molecule has 1 aromatic carbocycles. The smallest absolute Gasteiger partial charge is 0.408 e. The Morgan fingerprint density at radius 2 is 1.95 bits per heavy atom. The van der Waals surface area contributed by atoms with Crippen molar-refractivity contribution >= 4 is 17.7 Å². The summed E-state index contributed by atoms with van der Waals surface area (Å²) in [6.07, 6.45) is 0.121. The van der Waals surface area contributed by atoms with Crippen molar-refractivity contribution in [2.75, 3.05) is 5.32 Å². The SMILES string of the molecule is CCc1ccc(O)c(NC(=O)C(C)NC(=O)OC(C)(C)C)c1. The topological polar surface area (TPSA) is 87.7 Å². The maximum absolute atomic E-state index is 12.1. The molecule has 0 saturated heterocycles. The number of benzene rings is 1. The Morgan fingerprint density at radius 3 is 2.50 bits per heavy atom. The molecule has 1 aromatic rings. The van der Waals surface area contributed by atoms with Crippen molar-refractivity contribution in [3.8, 4) is 5.75 Å². The number of ether oxygens (including phenoxy) is 1. The number of carbonyl (C=O) groups excluding carboxylic acids is 2. The predicted octanol–water partition coefficient (Wildman–Crippen LogP) is 2.81. The number of carbonyl (C=O) groups is 2. The van der Waals surface area contributed by atoms with Gasteiger partial charge in [0.25, 0.3) is 0 Å². The number of hydrogen-bond donors (Lipinski definition) is 3. The fourth-order valence-electron chi connectivity index (χ4n) is 1.69. The molecule has 6 heteroatoms. The largest absolute Gasteiger partial charge is 0.506 e. The molecule has 0 spiro atoms. The molecule has 22 heavy (non-hydrogen) atoms. The molecule has 122 valence electrons. The van der Waals surface area contributed by atoms with Gasteiger partial charge in [0.1, 0.15) is 17.4 Å². The summed E-state index contributed by atoms with van der Waals surface area (Å²) in [5.41, 5.74) is 0.677. The van der Waals surface area contributed by atoms with Crippen LogP contribution in [0.2, 0.25) is 0 Å². The lowest BCUT2D eigenvalue weighted by molar-refractivity contribution is -0.117. The van der Waals surface area contributed by atoms with Crippen LogP contribution in [-0.4, -0.2) is 28.7 Å². The monoisotopic (exact) mass is 308 g/mol. The van der Waals surface area contributed by atoms with Gasteiger partial charge in [0.05, 0.1) is 5.69 Å². The van der Waals surface area contributed by atoms with Gasteiger partial charge >= 0.3 is 6.09 Å². The third-order valence-electron chi connectivity index (χ3n) is 2.85. The van der Waals surface area contributed by atoms with E-state index in [1.54, 1.807) is 39.8 Å². The van der Waals surface area contributed by atoms with Crippen LogP contribution in [0.25, 0.3) is 0 Å². The minimum atomic E-state index is -0.792. The van der Waals surface area contributed by atoms with E-state index >= 15 is 0 Å². The maximum Gasteiger partial charge on any atom is 0.408 e. The van der Waals surface area contributed by atoms with Gasteiger partial charge in [-0.1, -0.05) is 13.0 Å². The Balaban J connectivity index is 2.67. The highest BCUT2D eigenvalue weighted by Crippen LogP contribution is 2.24. The average Bonchev–Trinajstić information content (AvgIpc) is 2.38. The number of aryl methyl sites for hydroxylation is 1. The zero-order valence-corrected chi connectivity index (χ0v) is 13.7. The van der Waals surface area contributed by atoms with Crippen molar-refractivity contribution in [3.05, 3.63) is 23.8 Å². The molecule has 2 amide bonds. The van der Waals surface area contributed by atoms with Gasteiger partial charge < -0.3 is 20.5 Å². The molecule has 0 bridgehead atoms. The maximum atomic E-state index is 12.1. The fourth-order valence-corrected chi connectivity index (χ4v) is 1.69. The zero-order valence-electron chi connectivity index (χ0n) is 13.7. The highest BCUT2D eigenvalue weighted by Gasteiger charge is 2.21. The van der Waals surface area contributed by atoms with Crippen LogP contribution in [0.5, 0.6) is 5.75 Å². The standard InChI is InChI=1S/C16H24N2O4/c1-6-11-7-8-13(19)12(9-11)18-14(20)10(2)17-15(21)22-16(3,4)5/h7-10,19H,6H2,1-5H3,(H,17,21)(H,18,20). The number of nitrogens with one attached hydrogen (secondary N) is 2. The Bertz CT molecular complexity index is 550. The normalized spacial score (nSPS) is 12.4. The highest BCUT2D eigenvalue weighted by molar-refractivity contribution is 5.97. The molecule has 1 rings (SSSR count). The van der Waals surface area contributed by atoms with Crippen LogP contribution in [0.3, 0.4) is 0 Å². The van der Waals surface area contributed by atoms with Crippen LogP contribution < -0.4 is 10.6 Å². The van der Waals surface area contributed by atoms with E-state index in [1.807, 2.05) is 6.92 Å². The number of hydrogen-bond acceptors (Lipinski definition) is 4. The molecule has 1 unspecified atom stereocenters. The number of anilines is 1. The van der Waals surface area contributed by atoms with Crippen LogP contribution in [0.4, 0.5) is 10.5 Å². The summed E-state index contributed by atoms with van der Waals surface area (Å²) < 4.78 is 5.09. The number of phenolic OH excluding ortho intramolecular Hbond substituents is 1. The van der Waals surface area contributed by atoms with E-state index < -0.39 is 23.6 Å². The lowest BCUT2D eigenvalue weighted by Gasteiger charge is -2.21. The first kappa shape index (κ1) is 17.8. The summed E-state index contributed by atoms with van der Waals surface area (Å²) in [5, 5.41) is 14.8. The fraction of sp³-hybridized carbons (Fsp3) is 0.500. The van der Waals surface area contributed by atoms with Gasteiger partial charge in [-0.15, -0.1) is 0 Å². The zero-order chi connectivity index (χ0) is 16.9. The second kappa shape index (κ2) is 7.15. The van der Waals surface area contributed by atoms with Crippen molar-refractivity contribution in [1.82, 2.24) is 5.32 Å². The van der Waals surface area contributed by atoms with E-state index in [1.165, 1.54) is 6.07 Å². The molecule has 1 atom stereocenters. The van der Waals surface area contributed by atoms with Gasteiger partial charge in [-0.3, -0.25) is 4.79 Å². The minimum Gasteiger partial charge on any atom is -0.506 e. The third-order valence-corrected chi connectivity index (χ3v) is 2.85. The van der Waals surface area contributed by atoms with E-state index in [4.69, 9.17) is 4.74 Å². The summed E-state index contributed by atoms with van der Waals surface area (Å²) in [4.78, 5) is 23.7. The van der Waals surface area contributed by atoms with Gasteiger partial charge in [0.15, 0.2) is 0 Å². The van der Waals surface area contributed by atoms with E-state index in [0.29, 0.717) is 5.69 Å². The molecule has 0 aliphatic carbocycles. The van der Waals surface area contributed by atoms with Gasteiger partial charge in [-0.25, -0.2) is 4.79 Å². The van der Waals surface area contributed by atoms with Crippen molar-refractivity contribution < 1.29 is 19.4 Å². The molecule has 0 aliphatic rings. The lowest BCUT2D eigenvalue weighted by atomic mass is 10.1. The van der Waals surface area contributed by atoms with Crippen LogP contribution in [0.1, 0.15) is 40.2 Å². The first-order chi connectivity index (χ1) is 10.1. The molecular weight excluding hydrogens is 284 g/mol. The summed E-state index contributed by atoms with van der Waals surface area (Å²) in [7, 11) is 0. The summed E-state index contributed by atoms with van der Waals surface area (Å²) in [6.45, 7) is 8.74. The third kappa shape index (κ3) is 5.63. The molecule has 0 fully saturated rings. The highest BCUT2D eigenvalue weighted by atomic mass is 16.6. The Kier molecular flexibility index (Phi) is 5.79. The Labute approximate surface area is 130 Å². The minimum absolute atomic E-state index is 0.0185. The van der Waals surface area contributed by atoms with Gasteiger partial charge in [0.2, 0.25) is 5.91 Å². The number of amides is 2. The van der Waals surface area contributed by atoms with E-state index in [-0.39, 0.29) is 5.75 Å². The van der Waals surface area contributed by atoms with Crippen molar-refractivity contribution in [2.45, 2.75) is 52.7 Å². The van der Waals surface area contributed by atoms with Crippen LogP contribution in [0, 0.1) is 0 Å². The summed E-state index contributed by atoms with van der Waals surface area (Å²) in [5.74, 6) is -0.454. The summed E-state index contributed by atoms with van der Waals surface area (Å²) >= 11 is 0. The van der Waals surface area contributed by atoms with Gasteiger partial charge in [-0.2, -0.15) is 0 Å². The quantitative estimate of drug-likeness (QED) is 0.746. The second-order valence-electron chi connectivity index (χ2n) is 6.06. The first-order valence-corrected chi connectivity index (χ1v) is 7.24. The predicted molar refractivity (Wildman–Crippen MR) is 84.9 cm³/mol. The molecule has 3 N–H and O–H groups in total. The van der Waals surface area contributed by atoms with Gasteiger partial charge in [0, 0.05) is 0 Å². The Hall–Kier alpha value is -2.24. The van der Waals surface area contributed by atoms with Crippen LogP contribution in [-0.2, 0) is 16.0 Å². The van der Waals surface area contributed by atoms with Crippen molar-refractivity contribution in [3.63, 3.8) is 0 Å². The van der Waals surface area contributed by atoms with E-state index in [0.717, 1.165) is 12.0 Å². The molecular formula is C16H24N2O4. The lowest BCUT2D eigenvalue weighted by Crippen LogP contribution is -2.44. The van der Waals surface area contributed by atoms with E-state index in [2.05, 4.69) is 10.6 Å². The molecule has 6 nitrogen and oxygen atoms in total. The van der Waals surface area contributed by atoms with Crippen LogP contribution >= 0.6 is 0 Å². The van der Waals surface area contributed by atoms with Gasteiger partial charge in [-0.05, 0) is 51.8 Å². The molecule has 0 saturated carbocycles. The van der Waals surface area contributed by atoms with Crippen molar-refractivity contribution in [2.24, 2.45) is 0 Å². The first-order valence-electron chi connectivity index (χ1n) is 7.24. The molecule has 0 heterocycles. The number of rotatable bonds is 4. The van der Waals surface area contributed by atoms with Crippen LogP contribution in [0.15, 0.2) is 18.2 Å². The number of aromatic hydroxyl groups is 1. The van der Waals surface area contributed by atoms with E-state index in [9.17, 15) is 14.7 Å². The second-order valence-corrected chi connectivity index (χ2v) is 6.06. The Morgan fingerprint density at radius 1 is 1.32 bits per heavy atom. The molecule has 0 aromatic heterocycles. The average molecular weight is 308 g/mol. The molecule has 0 radical (unpaired) electrons. The summed E-state index contributed by atoms with van der Waals surface area (Å²) in [6, 6.07) is 4.22. The van der Waals surface area contributed by atoms with Crippen molar-refractivity contribution in [1.29, 1.82) is 0 Å².